The van der Waals surface area contributed by atoms with Gasteiger partial charge in [0.2, 0.25) is 0 Å². The number of aliphatic hydroxyl groups excluding tert-OH is 2. The van der Waals surface area contributed by atoms with E-state index in [-0.39, 0.29) is 6.10 Å². The average molecular weight is 289 g/mol. The third kappa shape index (κ3) is 8.87. The van der Waals surface area contributed by atoms with Crippen molar-refractivity contribution >= 4 is 0 Å². The lowest BCUT2D eigenvalue weighted by atomic mass is 10.1. The molecule has 1 rings (SSSR count). The van der Waals surface area contributed by atoms with Gasteiger partial charge < -0.3 is 25.0 Å². The first-order chi connectivity index (χ1) is 9.72. The highest BCUT2D eigenvalue weighted by atomic mass is 16.5. The van der Waals surface area contributed by atoms with Crippen molar-refractivity contribution in [3.63, 3.8) is 0 Å². The van der Waals surface area contributed by atoms with Gasteiger partial charge in [-0.1, -0.05) is 13.3 Å². The summed E-state index contributed by atoms with van der Waals surface area (Å²) in [5, 5.41) is 22.4. The zero-order valence-electron chi connectivity index (χ0n) is 12.7. The molecular formula is C15H31NO4. The summed E-state index contributed by atoms with van der Waals surface area (Å²) < 4.78 is 10.7. The van der Waals surface area contributed by atoms with Gasteiger partial charge in [-0.2, -0.15) is 0 Å². The first kappa shape index (κ1) is 17.9. The van der Waals surface area contributed by atoms with E-state index in [4.69, 9.17) is 9.47 Å². The van der Waals surface area contributed by atoms with Gasteiger partial charge in [-0.05, 0) is 38.1 Å². The van der Waals surface area contributed by atoms with E-state index in [1.807, 2.05) is 0 Å². The zero-order valence-corrected chi connectivity index (χ0v) is 12.7. The molecule has 0 aliphatic heterocycles. The fraction of sp³-hybridized carbons (Fsp3) is 1.00. The first-order valence-corrected chi connectivity index (χ1v) is 7.94. The molecule has 1 aliphatic carbocycles. The van der Waals surface area contributed by atoms with Crippen LogP contribution in [0, 0.1) is 5.92 Å². The van der Waals surface area contributed by atoms with E-state index in [0.29, 0.717) is 32.3 Å². The van der Waals surface area contributed by atoms with Crippen LogP contribution in [0.15, 0.2) is 0 Å². The van der Waals surface area contributed by atoms with Gasteiger partial charge in [-0.15, -0.1) is 0 Å². The number of unbranched alkanes of at least 4 members (excludes halogenated alkanes) is 1. The van der Waals surface area contributed by atoms with Crippen LogP contribution in [0.3, 0.4) is 0 Å². The molecule has 3 N–H and O–H groups in total. The maximum absolute atomic E-state index is 9.74. The van der Waals surface area contributed by atoms with Crippen LogP contribution in [0.1, 0.15) is 39.0 Å². The lowest BCUT2D eigenvalue weighted by Crippen LogP contribution is -2.33. The monoisotopic (exact) mass is 289 g/mol. The van der Waals surface area contributed by atoms with Gasteiger partial charge in [-0.3, -0.25) is 0 Å². The smallest absolute Gasteiger partial charge is 0.0897 e. The Kier molecular flexibility index (Phi) is 10.2. The largest absolute Gasteiger partial charge is 0.393 e. The van der Waals surface area contributed by atoms with Crippen molar-refractivity contribution in [3.8, 4) is 0 Å². The number of ether oxygens (including phenoxy) is 2. The third-order valence-electron chi connectivity index (χ3n) is 3.65. The summed E-state index contributed by atoms with van der Waals surface area (Å²) in [7, 11) is 0. The summed E-state index contributed by atoms with van der Waals surface area (Å²) >= 11 is 0. The standard InChI is InChI=1S/C15H31NO4/c1-2-3-6-19-7-8-20-12-15(18)11-16-10-13-4-5-14(17)9-13/h13-18H,2-12H2,1H3. The van der Waals surface area contributed by atoms with Gasteiger partial charge in [0.05, 0.1) is 32.0 Å². The Balaban J connectivity index is 1.84. The molecule has 20 heavy (non-hydrogen) atoms. The van der Waals surface area contributed by atoms with Crippen LogP contribution in [0.5, 0.6) is 0 Å². The molecule has 0 radical (unpaired) electrons. The molecule has 1 saturated carbocycles. The molecule has 0 amide bonds. The van der Waals surface area contributed by atoms with Gasteiger partial charge in [0.1, 0.15) is 0 Å². The third-order valence-corrected chi connectivity index (χ3v) is 3.65. The molecule has 3 unspecified atom stereocenters. The van der Waals surface area contributed by atoms with E-state index < -0.39 is 6.10 Å². The lowest BCUT2D eigenvalue weighted by Gasteiger charge is -2.15. The summed E-state index contributed by atoms with van der Waals surface area (Å²) in [4.78, 5) is 0. The van der Waals surface area contributed by atoms with Crippen LogP contribution in [0.4, 0.5) is 0 Å². The number of rotatable bonds is 12. The van der Waals surface area contributed by atoms with E-state index >= 15 is 0 Å². The van der Waals surface area contributed by atoms with Crippen LogP contribution in [-0.2, 0) is 9.47 Å². The Hall–Kier alpha value is -0.200. The normalized spacial score (nSPS) is 24.1. The molecule has 120 valence electrons. The predicted molar refractivity (Wildman–Crippen MR) is 78.8 cm³/mol. The molecule has 0 aromatic carbocycles. The minimum Gasteiger partial charge on any atom is -0.393 e. The molecule has 0 aromatic heterocycles. The Morgan fingerprint density at radius 2 is 2.00 bits per heavy atom. The van der Waals surface area contributed by atoms with E-state index in [9.17, 15) is 10.2 Å². The summed E-state index contributed by atoms with van der Waals surface area (Å²) in [6, 6.07) is 0. The highest BCUT2D eigenvalue weighted by Gasteiger charge is 2.22. The molecule has 0 spiro atoms. The van der Waals surface area contributed by atoms with Crippen molar-refractivity contribution in [2.24, 2.45) is 5.92 Å². The molecule has 5 heteroatoms. The maximum Gasteiger partial charge on any atom is 0.0897 e. The van der Waals surface area contributed by atoms with Crippen LogP contribution < -0.4 is 5.32 Å². The number of hydrogen-bond donors (Lipinski definition) is 3. The van der Waals surface area contributed by atoms with Crippen LogP contribution >= 0.6 is 0 Å². The van der Waals surface area contributed by atoms with E-state index in [2.05, 4.69) is 12.2 Å². The molecule has 1 aliphatic rings. The van der Waals surface area contributed by atoms with Crippen molar-refractivity contribution in [2.75, 3.05) is 39.5 Å². The molecule has 0 saturated heterocycles. The van der Waals surface area contributed by atoms with Crippen molar-refractivity contribution in [3.05, 3.63) is 0 Å². The maximum atomic E-state index is 9.74. The SMILES string of the molecule is CCCCOCCOCC(O)CNCC1CCC(O)C1. The van der Waals surface area contributed by atoms with Gasteiger partial charge in [0, 0.05) is 13.2 Å². The summed E-state index contributed by atoms with van der Waals surface area (Å²) in [5.74, 6) is 0.546. The molecular weight excluding hydrogens is 258 g/mol. The highest BCUT2D eigenvalue weighted by Crippen LogP contribution is 2.24. The number of aliphatic hydroxyl groups is 2. The fourth-order valence-corrected chi connectivity index (χ4v) is 2.43. The second-order valence-electron chi connectivity index (χ2n) is 5.69. The van der Waals surface area contributed by atoms with Gasteiger partial charge in [-0.25, -0.2) is 0 Å². The molecule has 0 bridgehead atoms. The van der Waals surface area contributed by atoms with Gasteiger partial charge in [0.25, 0.3) is 0 Å². The second kappa shape index (κ2) is 11.5. The van der Waals surface area contributed by atoms with Crippen molar-refractivity contribution in [1.82, 2.24) is 5.32 Å². The van der Waals surface area contributed by atoms with E-state index in [1.54, 1.807) is 0 Å². The Morgan fingerprint density at radius 1 is 1.20 bits per heavy atom. The Labute approximate surface area is 122 Å². The summed E-state index contributed by atoms with van der Waals surface area (Å²) in [5.41, 5.74) is 0. The molecule has 5 nitrogen and oxygen atoms in total. The molecule has 0 heterocycles. The fourth-order valence-electron chi connectivity index (χ4n) is 2.43. The predicted octanol–water partition coefficient (Wildman–Crippen LogP) is 0.931. The topological polar surface area (TPSA) is 71.0 Å². The second-order valence-corrected chi connectivity index (χ2v) is 5.69. The van der Waals surface area contributed by atoms with Crippen LogP contribution in [-0.4, -0.2) is 61.9 Å². The van der Waals surface area contributed by atoms with Crippen LogP contribution in [0.25, 0.3) is 0 Å². The van der Waals surface area contributed by atoms with Crippen molar-refractivity contribution in [1.29, 1.82) is 0 Å². The highest BCUT2D eigenvalue weighted by molar-refractivity contribution is 4.76. The lowest BCUT2D eigenvalue weighted by molar-refractivity contribution is 0.00373. The van der Waals surface area contributed by atoms with E-state index in [1.165, 1.54) is 0 Å². The van der Waals surface area contributed by atoms with Crippen molar-refractivity contribution in [2.45, 2.75) is 51.2 Å². The van der Waals surface area contributed by atoms with E-state index in [0.717, 1.165) is 45.3 Å². The molecule has 1 fully saturated rings. The number of hydrogen-bond acceptors (Lipinski definition) is 5. The average Bonchev–Trinajstić information content (AvgIpc) is 2.83. The summed E-state index contributed by atoms with van der Waals surface area (Å²) in [6.07, 6.45) is 4.51. The quantitative estimate of drug-likeness (QED) is 0.466. The van der Waals surface area contributed by atoms with Gasteiger partial charge in [0.15, 0.2) is 0 Å². The number of nitrogens with one attached hydrogen (secondary N) is 1. The minimum atomic E-state index is -0.475. The van der Waals surface area contributed by atoms with Crippen LogP contribution in [0.2, 0.25) is 0 Å². The van der Waals surface area contributed by atoms with Gasteiger partial charge >= 0.3 is 0 Å². The first-order valence-electron chi connectivity index (χ1n) is 7.94. The molecule has 0 aromatic rings. The van der Waals surface area contributed by atoms with Crippen molar-refractivity contribution < 1.29 is 19.7 Å². The zero-order chi connectivity index (χ0) is 14.6. The Morgan fingerprint density at radius 3 is 2.70 bits per heavy atom. The Bertz CT molecular complexity index is 228. The summed E-state index contributed by atoms with van der Waals surface area (Å²) in [6.45, 7) is 5.82. The molecule has 3 atom stereocenters. The minimum absolute atomic E-state index is 0.122.